The number of piperidine rings is 1. The highest BCUT2D eigenvalue weighted by Crippen LogP contribution is 2.19. The van der Waals surface area contributed by atoms with Gasteiger partial charge >= 0.3 is 0 Å². The van der Waals surface area contributed by atoms with Gasteiger partial charge in [0.1, 0.15) is 0 Å². The van der Waals surface area contributed by atoms with Crippen LogP contribution in [0.4, 0.5) is 5.13 Å². The van der Waals surface area contributed by atoms with Gasteiger partial charge in [0.15, 0.2) is 5.13 Å². The Hall–Kier alpha value is -2.18. The summed E-state index contributed by atoms with van der Waals surface area (Å²) < 4.78 is 2.12. The zero-order chi connectivity index (χ0) is 17.8. The van der Waals surface area contributed by atoms with E-state index in [-0.39, 0.29) is 5.91 Å². The number of hydrogen-bond acceptors (Lipinski definition) is 4. The molecule has 3 heterocycles. The normalized spacial score (nSPS) is 15.4. The van der Waals surface area contributed by atoms with E-state index >= 15 is 0 Å². The molecule has 4 rings (SSSR count). The number of aromatic nitrogens is 2. The van der Waals surface area contributed by atoms with Crippen LogP contribution >= 0.6 is 11.3 Å². The molecule has 1 saturated heterocycles. The van der Waals surface area contributed by atoms with Crippen LogP contribution in [0.25, 0.3) is 10.9 Å². The Morgan fingerprint density at radius 2 is 2.00 bits per heavy atom. The van der Waals surface area contributed by atoms with E-state index in [2.05, 4.69) is 43.3 Å². The van der Waals surface area contributed by atoms with E-state index in [1.807, 2.05) is 18.3 Å². The summed E-state index contributed by atoms with van der Waals surface area (Å²) in [5.41, 5.74) is 2.22. The Labute approximate surface area is 157 Å². The largest absolute Gasteiger partial charge is 0.347 e. The lowest BCUT2D eigenvalue weighted by Crippen LogP contribution is -2.29. The van der Waals surface area contributed by atoms with Gasteiger partial charge in [-0.1, -0.05) is 24.6 Å². The molecule has 26 heavy (non-hydrogen) atoms. The monoisotopic (exact) mass is 368 g/mol. The van der Waals surface area contributed by atoms with E-state index in [9.17, 15) is 4.79 Å². The molecule has 0 aliphatic carbocycles. The van der Waals surface area contributed by atoms with Gasteiger partial charge in [0.25, 0.3) is 0 Å². The number of nitrogens with one attached hydrogen (secondary N) is 1. The summed E-state index contributed by atoms with van der Waals surface area (Å²) in [5, 5.41) is 6.92. The molecule has 3 aromatic rings. The van der Waals surface area contributed by atoms with Crippen molar-refractivity contribution in [1.82, 2.24) is 14.5 Å². The van der Waals surface area contributed by atoms with E-state index in [1.165, 1.54) is 41.5 Å². The van der Waals surface area contributed by atoms with Crippen LogP contribution in [0.1, 0.15) is 31.4 Å². The lowest BCUT2D eigenvalue weighted by molar-refractivity contribution is -0.116. The second-order valence-corrected chi connectivity index (χ2v) is 7.71. The van der Waals surface area contributed by atoms with Crippen LogP contribution < -0.4 is 5.32 Å². The number of para-hydroxylation sites is 1. The highest BCUT2D eigenvalue weighted by molar-refractivity contribution is 7.13. The number of nitrogens with zero attached hydrogens (tertiary/aromatic N) is 3. The molecular formula is C20H24N4OS. The number of fused-ring (bicyclic) bond motifs is 1. The lowest BCUT2D eigenvalue weighted by atomic mass is 10.1. The van der Waals surface area contributed by atoms with Gasteiger partial charge in [-0.25, -0.2) is 4.98 Å². The average molecular weight is 369 g/mol. The number of carbonyl (C=O) groups is 1. The lowest BCUT2D eigenvalue weighted by Gasteiger charge is -2.25. The number of rotatable bonds is 6. The van der Waals surface area contributed by atoms with Gasteiger partial charge in [-0.3, -0.25) is 9.69 Å². The van der Waals surface area contributed by atoms with Crippen LogP contribution in [0, 0.1) is 0 Å². The fraction of sp³-hybridized carbons (Fsp3) is 0.400. The van der Waals surface area contributed by atoms with E-state index in [0.717, 1.165) is 25.3 Å². The van der Waals surface area contributed by atoms with Crippen molar-refractivity contribution < 1.29 is 4.79 Å². The standard InChI is InChI=1S/C20H24N4OS/c25-19(9-13-24-12-8-16-6-2-3-7-18(16)24)22-20-21-17(15-26-20)14-23-10-4-1-5-11-23/h2-3,6-8,12,15H,1,4-5,9-11,13-14H2,(H,21,22,25). The second-order valence-electron chi connectivity index (χ2n) is 6.85. The number of hydrogen-bond donors (Lipinski definition) is 1. The molecule has 0 saturated carbocycles. The van der Waals surface area contributed by atoms with Crippen LogP contribution in [0.5, 0.6) is 0 Å². The minimum Gasteiger partial charge on any atom is -0.347 e. The van der Waals surface area contributed by atoms with Gasteiger partial charge in [-0.2, -0.15) is 0 Å². The number of likely N-dealkylation sites (tertiary alicyclic amines) is 1. The highest BCUT2D eigenvalue weighted by Gasteiger charge is 2.13. The first kappa shape index (κ1) is 17.2. The molecule has 1 aliphatic heterocycles. The topological polar surface area (TPSA) is 50.2 Å². The zero-order valence-electron chi connectivity index (χ0n) is 14.9. The molecule has 136 valence electrons. The van der Waals surface area contributed by atoms with E-state index in [4.69, 9.17) is 0 Å². The summed E-state index contributed by atoms with van der Waals surface area (Å²) in [4.78, 5) is 19.3. The Morgan fingerprint density at radius 1 is 1.15 bits per heavy atom. The van der Waals surface area contributed by atoms with Crippen molar-refractivity contribution in [2.24, 2.45) is 0 Å². The van der Waals surface area contributed by atoms with Crippen molar-refractivity contribution in [2.75, 3.05) is 18.4 Å². The summed E-state index contributed by atoms with van der Waals surface area (Å²) in [7, 11) is 0. The molecule has 0 atom stereocenters. The maximum absolute atomic E-state index is 12.3. The van der Waals surface area contributed by atoms with Gasteiger partial charge in [0, 0.05) is 36.6 Å². The summed E-state index contributed by atoms with van der Waals surface area (Å²) in [6.45, 7) is 3.88. The molecule has 0 radical (unpaired) electrons. The summed E-state index contributed by atoms with van der Waals surface area (Å²) in [6, 6.07) is 10.3. The van der Waals surface area contributed by atoms with Crippen LogP contribution in [0.2, 0.25) is 0 Å². The van der Waals surface area contributed by atoms with Crippen LogP contribution in [-0.4, -0.2) is 33.4 Å². The fourth-order valence-corrected chi connectivity index (χ4v) is 4.24. The smallest absolute Gasteiger partial charge is 0.227 e. The molecule has 1 aliphatic rings. The molecule has 0 bridgehead atoms. The first-order valence-corrected chi connectivity index (χ1v) is 10.2. The number of benzene rings is 1. The highest BCUT2D eigenvalue weighted by atomic mass is 32.1. The van der Waals surface area contributed by atoms with Crippen molar-refractivity contribution >= 4 is 33.3 Å². The quantitative estimate of drug-likeness (QED) is 0.712. The second kappa shape index (κ2) is 8.01. The predicted octanol–water partition coefficient (Wildman–Crippen LogP) is 4.11. The van der Waals surface area contributed by atoms with Crippen molar-refractivity contribution in [3.8, 4) is 0 Å². The molecule has 2 aromatic heterocycles. The number of aryl methyl sites for hydroxylation is 1. The Morgan fingerprint density at radius 3 is 2.88 bits per heavy atom. The summed E-state index contributed by atoms with van der Waals surface area (Å²) in [6.07, 6.45) is 6.38. The van der Waals surface area contributed by atoms with Gasteiger partial charge in [0.05, 0.1) is 5.69 Å². The molecule has 0 unspecified atom stereocenters. The third-order valence-electron chi connectivity index (χ3n) is 4.89. The minimum absolute atomic E-state index is 0.0154. The third kappa shape index (κ3) is 4.14. The zero-order valence-corrected chi connectivity index (χ0v) is 15.7. The van der Waals surface area contributed by atoms with E-state index < -0.39 is 0 Å². The number of thiazole rings is 1. The molecule has 0 spiro atoms. The first-order valence-electron chi connectivity index (χ1n) is 9.28. The average Bonchev–Trinajstić information content (AvgIpc) is 3.28. The van der Waals surface area contributed by atoms with Gasteiger partial charge in [-0.15, -0.1) is 11.3 Å². The van der Waals surface area contributed by atoms with Gasteiger partial charge in [0.2, 0.25) is 5.91 Å². The Kier molecular flexibility index (Phi) is 5.32. The predicted molar refractivity (Wildman–Crippen MR) is 106 cm³/mol. The van der Waals surface area contributed by atoms with Crippen LogP contribution in [0.15, 0.2) is 41.9 Å². The fourth-order valence-electron chi connectivity index (χ4n) is 3.52. The van der Waals surface area contributed by atoms with E-state index in [1.54, 1.807) is 0 Å². The molecule has 1 aromatic carbocycles. The van der Waals surface area contributed by atoms with Crippen molar-refractivity contribution in [2.45, 2.75) is 38.8 Å². The maximum atomic E-state index is 12.3. The van der Waals surface area contributed by atoms with Crippen LogP contribution in [0.3, 0.4) is 0 Å². The van der Waals surface area contributed by atoms with Crippen LogP contribution in [-0.2, 0) is 17.9 Å². The molecule has 1 amide bonds. The minimum atomic E-state index is 0.0154. The molecule has 1 fully saturated rings. The Balaban J connectivity index is 1.29. The molecular weight excluding hydrogens is 344 g/mol. The van der Waals surface area contributed by atoms with Crippen molar-refractivity contribution in [3.63, 3.8) is 0 Å². The van der Waals surface area contributed by atoms with Crippen molar-refractivity contribution in [1.29, 1.82) is 0 Å². The van der Waals surface area contributed by atoms with Gasteiger partial charge < -0.3 is 9.88 Å². The maximum Gasteiger partial charge on any atom is 0.227 e. The molecule has 5 nitrogen and oxygen atoms in total. The molecule has 1 N–H and O–H groups in total. The summed E-state index contributed by atoms with van der Waals surface area (Å²) >= 11 is 1.52. The number of amides is 1. The van der Waals surface area contributed by atoms with Crippen molar-refractivity contribution in [3.05, 3.63) is 47.6 Å². The number of carbonyl (C=O) groups excluding carboxylic acids is 1. The SMILES string of the molecule is O=C(CCn1ccc2ccccc21)Nc1nc(CN2CCCCC2)cs1. The summed E-state index contributed by atoms with van der Waals surface area (Å²) in [5.74, 6) is 0.0154. The van der Waals surface area contributed by atoms with Gasteiger partial charge in [-0.05, 0) is 43.5 Å². The van der Waals surface area contributed by atoms with E-state index in [0.29, 0.717) is 18.1 Å². The molecule has 6 heteroatoms. The first-order chi connectivity index (χ1) is 12.8. The Bertz CT molecular complexity index is 879. The third-order valence-corrected chi connectivity index (χ3v) is 5.70. The number of anilines is 1.